The second-order valence-electron chi connectivity index (χ2n) is 10.1. The first-order valence-corrected chi connectivity index (χ1v) is 10.1. The van der Waals surface area contributed by atoms with Crippen LogP contribution in [0.3, 0.4) is 0 Å². The molecule has 0 radical (unpaired) electrons. The Morgan fingerprint density at radius 2 is 0.519 bits per heavy atom. The van der Waals surface area contributed by atoms with Gasteiger partial charge in [-0.25, -0.2) is 0 Å². The average molecular weight is 588 g/mol. The van der Waals surface area contributed by atoms with Gasteiger partial charge in [0.05, 0.1) is 83.1 Å². The zero-order chi connectivity index (χ0) is 19.9. The number of unbranched alkanes of at least 4 members (excludes halogenated alkanes) is 3. The number of hydrogen-bond acceptors (Lipinski definition) is 0. The molecule has 0 bridgehead atoms. The van der Waals surface area contributed by atoms with Gasteiger partial charge in [-0.15, -0.1) is 0 Å². The summed E-state index contributed by atoms with van der Waals surface area (Å²) >= 11 is 0. The topological polar surface area (TPSA) is 0 Å². The molecule has 0 amide bonds. The highest BCUT2D eigenvalue weighted by Gasteiger charge is 2.04. The molecular weight excluding hydrogens is 534 g/mol. The average Bonchev–Trinajstić information content (AvgIpc) is 2.39. The zero-order valence-corrected chi connectivity index (χ0v) is 25.6. The van der Waals surface area contributed by atoms with E-state index in [1.54, 1.807) is 0 Å². The van der Waals surface area contributed by atoms with Crippen LogP contribution in [-0.4, -0.2) is 96.5 Å². The summed E-state index contributed by atoms with van der Waals surface area (Å²) in [6.07, 6.45) is 8.00. The van der Waals surface area contributed by atoms with Crippen molar-refractivity contribution in [2.45, 2.75) is 59.3 Å². The molecule has 0 aliphatic heterocycles. The fraction of sp³-hybridized carbons (Fsp3) is 1.00. The number of hydrogen-bond donors (Lipinski definition) is 0. The second kappa shape index (κ2) is 23.6. The Morgan fingerprint density at radius 3 is 0.556 bits per heavy atom. The van der Waals surface area contributed by atoms with Crippen molar-refractivity contribution in [3.05, 3.63) is 0 Å². The minimum atomic E-state index is 0. The van der Waals surface area contributed by atoms with Gasteiger partial charge in [-0.05, 0) is 19.3 Å². The van der Waals surface area contributed by atoms with Crippen molar-refractivity contribution in [1.29, 1.82) is 0 Å². The third-order valence-corrected chi connectivity index (χ3v) is 3.55. The number of nitrogens with zero attached hydrogens (tertiary/aromatic N) is 3. The van der Waals surface area contributed by atoms with Gasteiger partial charge in [-0.3, -0.25) is 0 Å². The Morgan fingerprint density at radius 1 is 0.370 bits per heavy atom. The summed E-state index contributed by atoms with van der Waals surface area (Å²) in [6, 6.07) is 0. The molecule has 0 saturated carbocycles. The monoisotopic (exact) mass is 585 g/mol. The maximum absolute atomic E-state index is 2.23. The lowest BCUT2D eigenvalue weighted by Crippen LogP contribution is -3.00. The summed E-state index contributed by atoms with van der Waals surface area (Å²) in [5, 5.41) is 0. The summed E-state index contributed by atoms with van der Waals surface area (Å²) in [5.74, 6) is 0. The quantitative estimate of drug-likeness (QED) is 0.239. The van der Waals surface area contributed by atoms with E-state index in [2.05, 4.69) is 84.2 Å². The van der Waals surface area contributed by atoms with Crippen LogP contribution >= 0.6 is 0 Å². The van der Waals surface area contributed by atoms with Crippen molar-refractivity contribution < 1.29 is 64.4 Å². The normalized spacial score (nSPS) is 10.7. The first-order chi connectivity index (χ1) is 10.7. The molecule has 6 heteroatoms. The van der Waals surface area contributed by atoms with Crippen LogP contribution in [0.5, 0.6) is 0 Å². The Balaban J connectivity index is -0.0000000580. The molecule has 0 N–H and O–H groups in total. The fourth-order valence-corrected chi connectivity index (χ4v) is 1.90. The summed E-state index contributed by atoms with van der Waals surface area (Å²) < 4.78 is 3.32. The van der Waals surface area contributed by atoms with Crippen LogP contribution < -0.4 is 50.9 Å². The summed E-state index contributed by atoms with van der Waals surface area (Å²) in [6.45, 7) is 10.6. The molecule has 0 heterocycles. The predicted octanol–water partition coefficient (Wildman–Crippen LogP) is -4.51. The summed E-state index contributed by atoms with van der Waals surface area (Å²) in [7, 11) is 20.1. The first-order valence-electron chi connectivity index (χ1n) is 10.1. The predicted molar refractivity (Wildman–Crippen MR) is 113 cm³/mol. The lowest BCUT2D eigenvalue weighted by atomic mass is 10.3. The van der Waals surface area contributed by atoms with E-state index in [9.17, 15) is 0 Å². The van der Waals surface area contributed by atoms with Crippen LogP contribution in [0.15, 0.2) is 0 Å². The highest BCUT2D eigenvalue weighted by atomic mass is 79.9. The molecule has 0 rings (SSSR count). The van der Waals surface area contributed by atoms with Gasteiger partial charge < -0.3 is 64.4 Å². The molecule has 27 heavy (non-hydrogen) atoms. The molecule has 0 aromatic heterocycles. The van der Waals surface area contributed by atoms with E-state index in [0.717, 1.165) is 13.4 Å². The van der Waals surface area contributed by atoms with Crippen LogP contribution in [0, 0.1) is 0 Å². The van der Waals surface area contributed by atoms with Gasteiger partial charge in [0, 0.05) is 0 Å². The molecule has 0 aromatic rings. The van der Waals surface area contributed by atoms with Crippen LogP contribution in [0.25, 0.3) is 0 Å². The largest absolute Gasteiger partial charge is 1.00 e. The number of quaternary nitrogens is 3. The molecule has 3 nitrogen and oxygen atoms in total. The van der Waals surface area contributed by atoms with Crippen molar-refractivity contribution in [1.82, 2.24) is 0 Å². The van der Waals surface area contributed by atoms with Gasteiger partial charge in [-0.1, -0.05) is 40.0 Å². The maximum atomic E-state index is 2.23. The van der Waals surface area contributed by atoms with Crippen molar-refractivity contribution in [2.75, 3.05) is 83.1 Å². The number of halogens is 3. The Hall–Kier alpha value is 1.32. The highest BCUT2D eigenvalue weighted by molar-refractivity contribution is 4.30. The zero-order valence-electron chi connectivity index (χ0n) is 20.8. The Labute approximate surface area is 205 Å². The van der Waals surface area contributed by atoms with Crippen LogP contribution in [0.4, 0.5) is 0 Å². The van der Waals surface area contributed by atoms with Gasteiger partial charge in [-0.2, -0.15) is 0 Å². The van der Waals surface area contributed by atoms with E-state index in [0.29, 0.717) is 0 Å². The molecule has 0 aromatic carbocycles. The van der Waals surface area contributed by atoms with E-state index in [1.807, 2.05) is 0 Å². The molecule has 0 aliphatic rings. The molecular formula is C21H54Br3N3. The SMILES string of the molecule is CCCC[N+](C)(C)C.CCCC[N+](C)(C)C.CCCC[N+](C)(C)C.[Br-].[Br-].[Br-]. The highest BCUT2D eigenvalue weighted by Crippen LogP contribution is 1.96. The Kier molecular flexibility index (Phi) is 37.1. The summed E-state index contributed by atoms with van der Waals surface area (Å²) in [4.78, 5) is 0. The lowest BCUT2D eigenvalue weighted by Gasteiger charge is -2.23. The van der Waals surface area contributed by atoms with E-state index < -0.39 is 0 Å². The molecule has 0 aliphatic carbocycles. The van der Waals surface area contributed by atoms with Gasteiger partial charge in [0.15, 0.2) is 0 Å². The van der Waals surface area contributed by atoms with E-state index >= 15 is 0 Å². The summed E-state index contributed by atoms with van der Waals surface area (Å²) in [5.41, 5.74) is 0. The standard InChI is InChI=1S/3C7H18N.3BrH/c3*1-5-6-7-8(2,3)4;;;/h3*5-7H2,1-4H3;3*1H/q3*+1;;;/p-3. The van der Waals surface area contributed by atoms with Crippen molar-refractivity contribution >= 4 is 0 Å². The Bertz CT molecular complexity index is 212. The van der Waals surface area contributed by atoms with Crippen molar-refractivity contribution in [3.8, 4) is 0 Å². The van der Waals surface area contributed by atoms with Gasteiger partial charge in [0.2, 0.25) is 0 Å². The van der Waals surface area contributed by atoms with Crippen molar-refractivity contribution in [3.63, 3.8) is 0 Å². The van der Waals surface area contributed by atoms with E-state index in [4.69, 9.17) is 0 Å². The fourth-order valence-electron chi connectivity index (χ4n) is 1.90. The van der Waals surface area contributed by atoms with E-state index in [1.165, 1.54) is 58.2 Å². The third kappa shape index (κ3) is 65.8. The van der Waals surface area contributed by atoms with Crippen LogP contribution in [0.1, 0.15) is 59.3 Å². The molecule has 0 fully saturated rings. The molecule has 0 spiro atoms. The molecule has 0 unspecified atom stereocenters. The second-order valence-corrected chi connectivity index (χ2v) is 10.1. The van der Waals surface area contributed by atoms with E-state index in [-0.39, 0.29) is 50.9 Å². The molecule has 0 saturated heterocycles. The molecule has 0 atom stereocenters. The van der Waals surface area contributed by atoms with Gasteiger partial charge >= 0.3 is 0 Å². The lowest BCUT2D eigenvalue weighted by molar-refractivity contribution is -0.870. The smallest absolute Gasteiger partial charge is 0.0780 e. The minimum Gasteiger partial charge on any atom is -1.00 e. The molecule has 174 valence electrons. The maximum Gasteiger partial charge on any atom is 0.0780 e. The third-order valence-electron chi connectivity index (χ3n) is 3.55. The van der Waals surface area contributed by atoms with Gasteiger partial charge in [0.25, 0.3) is 0 Å². The van der Waals surface area contributed by atoms with Crippen LogP contribution in [-0.2, 0) is 0 Å². The van der Waals surface area contributed by atoms with Crippen LogP contribution in [0.2, 0.25) is 0 Å². The minimum absolute atomic E-state index is 0. The number of rotatable bonds is 9. The van der Waals surface area contributed by atoms with Crippen molar-refractivity contribution in [2.24, 2.45) is 0 Å². The van der Waals surface area contributed by atoms with Gasteiger partial charge in [0.1, 0.15) is 0 Å². The first kappa shape index (κ1) is 42.4.